The summed E-state index contributed by atoms with van der Waals surface area (Å²) in [7, 11) is -2.98. The van der Waals surface area contributed by atoms with Gasteiger partial charge in [0.2, 0.25) is 0 Å². The second kappa shape index (κ2) is 6.54. The Labute approximate surface area is 144 Å². The quantitative estimate of drug-likeness (QED) is 0.629. The highest BCUT2D eigenvalue weighted by atomic mass is 32.2. The highest BCUT2D eigenvalue weighted by Crippen LogP contribution is 2.56. The van der Waals surface area contributed by atoms with Gasteiger partial charge in [0.1, 0.15) is 0 Å². The molecule has 2 aliphatic carbocycles. The molecule has 23 heavy (non-hydrogen) atoms. The summed E-state index contributed by atoms with van der Waals surface area (Å²) in [5, 5.41) is 0. The first-order valence-electron chi connectivity index (χ1n) is 9.42. The fourth-order valence-corrected chi connectivity index (χ4v) is 6.11. The lowest BCUT2D eigenvalue weighted by molar-refractivity contribution is 0.110. The predicted octanol–water partition coefficient (Wildman–Crippen LogP) is 5.39. The van der Waals surface area contributed by atoms with Gasteiger partial charge in [-0.25, -0.2) is 8.42 Å². The molecule has 0 aromatic heterocycles. The van der Waals surface area contributed by atoms with Crippen LogP contribution >= 0.6 is 0 Å². The van der Waals surface area contributed by atoms with Gasteiger partial charge < -0.3 is 0 Å². The minimum Gasteiger partial charge on any atom is -0.228 e. The highest BCUT2D eigenvalue weighted by molar-refractivity contribution is 7.92. The molecule has 2 rings (SSSR count). The second-order valence-corrected chi connectivity index (χ2v) is 12.1. The van der Waals surface area contributed by atoms with Crippen LogP contribution in [0.15, 0.2) is 11.6 Å². The zero-order chi connectivity index (χ0) is 17.5. The topological polar surface area (TPSA) is 34.1 Å². The second-order valence-electron chi connectivity index (χ2n) is 9.26. The van der Waals surface area contributed by atoms with E-state index >= 15 is 0 Å². The molecule has 2 nitrogen and oxygen atoms in total. The van der Waals surface area contributed by atoms with Crippen LogP contribution in [0.3, 0.4) is 0 Å². The number of hydrogen-bond donors (Lipinski definition) is 0. The van der Waals surface area contributed by atoms with Gasteiger partial charge in [0.05, 0.1) is 10.5 Å². The van der Waals surface area contributed by atoms with Crippen LogP contribution < -0.4 is 0 Å². The molecule has 0 bridgehead atoms. The largest absolute Gasteiger partial charge is 0.228 e. The van der Waals surface area contributed by atoms with E-state index in [9.17, 15) is 8.42 Å². The number of hydrogen-bond acceptors (Lipinski definition) is 2. The first-order chi connectivity index (χ1) is 10.5. The lowest BCUT2D eigenvalue weighted by Gasteiger charge is -2.44. The summed E-state index contributed by atoms with van der Waals surface area (Å²) in [6.07, 6.45) is 9.55. The third-order valence-corrected chi connectivity index (χ3v) is 9.32. The van der Waals surface area contributed by atoms with Gasteiger partial charge in [-0.1, -0.05) is 45.3 Å². The molecule has 0 N–H and O–H groups in total. The van der Waals surface area contributed by atoms with Crippen molar-refractivity contribution in [1.29, 1.82) is 0 Å². The van der Waals surface area contributed by atoms with Crippen LogP contribution in [0.4, 0.5) is 0 Å². The third-order valence-electron chi connectivity index (χ3n) is 6.63. The normalized spacial score (nSPS) is 33.2. The summed E-state index contributed by atoms with van der Waals surface area (Å²) in [5.74, 6) is 2.48. The van der Waals surface area contributed by atoms with Crippen LogP contribution in [-0.2, 0) is 9.84 Å². The summed E-state index contributed by atoms with van der Waals surface area (Å²) >= 11 is 0. The summed E-state index contributed by atoms with van der Waals surface area (Å²) < 4.78 is 23.9. The molecule has 0 heterocycles. The van der Waals surface area contributed by atoms with Crippen LogP contribution in [0, 0.1) is 23.2 Å². The van der Waals surface area contributed by atoms with E-state index in [1.807, 2.05) is 0 Å². The Bertz CT molecular complexity index is 553. The number of allylic oxidation sites excluding steroid dienone is 2. The van der Waals surface area contributed by atoms with E-state index in [-0.39, 0.29) is 0 Å². The van der Waals surface area contributed by atoms with Crippen LogP contribution in [-0.4, -0.2) is 18.9 Å². The van der Waals surface area contributed by atoms with E-state index < -0.39 is 14.6 Å². The van der Waals surface area contributed by atoms with Gasteiger partial charge >= 0.3 is 0 Å². The van der Waals surface area contributed by atoms with E-state index in [0.29, 0.717) is 17.1 Å². The summed E-state index contributed by atoms with van der Waals surface area (Å²) in [6, 6.07) is 0. The van der Waals surface area contributed by atoms with Crippen LogP contribution in [0.25, 0.3) is 0 Å². The molecule has 0 aromatic carbocycles. The van der Waals surface area contributed by atoms with Gasteiger partial charge in [0.15, 0.2) is 9.84 Å². The molecule has 0 aromatic rings. The van der Waals surface area contributed by atoms with Crippen molar-refractivity contribution in [3.63, 3.8) is 0 Å². The summed E-state index contributed by atoms with van der Waals surface area (Å²) in [6.45, 7) is 12.6. The SMILES string of the molecule is C[C@H](CCCS(=O)(=O)C(C)(C)C)C1=CC[C@H]2[C@@H](C)CCC[C@]12C. The van der Waals surface area contributed by atoms with Crippen molar-refractivity contribution in [3.8, 4) is 0 Å². The molecular formula is C20H36O2S. The Morgan fingerprint density at radius 3 is 2.61 bits per heavy atom. The van der Waals surface area contributed by atoms with Crippen molar-refractivity contribution >= 4 is 9.84 Å². The number of rotatable bonds is 5. The van der Waals surface area contributed by atoms with Gasteiger partial charge in [-0.15, -0.1) is 0 Å². The zero-order valence-electron chi connectivity index (χ0n) is 16.0. The van der Waals surface area contributed by atoms with Gasteiger partial charge in [-0.3, -0.25) is 0 Å². The van der Waals surface area contributed by atoms with Crippen LogP contribution in [0.1, 0.15) is 80.1 Å². The first kappa shape index (κ1) is 19.0. The molecule has 0 spiro atoms. The van der Waals surface area contributed by atoms with Crippen LogP contribution in [0.5, 0.6) is 0 Å². The van der Waals surface area contributed by atoms with Crippen LogP contribution in [0.2, 0.25) is 0 Å². The number of fused-ring (bicyclic) bond motifs is 1. The Balaban J connectivity index is 1.96. The zero-order valence-corrected chi connectivity index (χ0v) is 16.8. The average Bonchev–Trinajstić information content (AvgIpc) is 2.75. The molecule has 1 saturated carbocycles. The van der Waals surface area contributed by atoms with E-state index in [2.05, 4.69) is 26.8 Å². The van der Waals surface area contributed by atoms with E-state index in [1.54, 1.807) is 26.3 Å². The molecule has 4 atom stereocenters. The summed E-state index contributed by atoms with van der Waals surface area (Å²) in [5.41, 5.74) is 2.00. The minimum absolute atomic E-state index is 0.324. The maximum absolute atomic E-state index is 12.3. The van der Waals surface area contributed by atoms with Crippen molar-refractivity contribution in [2.75, 3.05) is 5.75 Å². The van der Waals surface area contributed by atoms with E-state index in [0.717, 1.165) is 24.7 Å². The minimum atomic E-state index is -2.98. The first-order valence-corrected chi connectivity index (χ1v) is 11.1. The Morgan fingerprint density at radius 1 is 1.35 bits per heavy atom. The van der Waals surface area contributed by atoms with Crippen molar-refractivity contribution in [2.24, 2.45) is 23.2 Å². The molecule has 3 heteroatoms. The summed E-state index contributed by atoms with van der Waals surface area (Å²) in [4.78, 5) is 0. The molecule has 0 unspecified atom stereocenters. The lowest BCUT2D eigenvalue weighted by Crippen LogP contribution is -2.35. The molecule has 0 saturated heterocycles. The smallest absolute Gasteiger partial charge is 0.155 e. The molecule has 1 fully saturated rings. The van der Waals surface area contributed by atoms with Crippen molar-refractivity contribution in [1.82, 2.24) is 0 Å². The van der Waals surface area contributed by atoms with Crippen molar-refractivity contribution in [2.45, 2.75) is 84.8 Å². The van der Waals surface area contributed by atoms with Gasteiger partial charge in [-0.05, 0) is 69.6 Å². The lowest BCUT2D eigenvalue weighted by atomic mass is 9.60. The Morgan fingerprint density at radius 2 is 2.00 bits per heavy atom. The van der Waals surface area contributed by atoms with E-state index in [1.165, 1.54) is 25.7 Å². The monoisotopic (exact) mass is 340 g/mol. The fourth-order valence-electron chi connectivity index (χ4n) is 4.95. The Kier molecular flexibility index (Phi) is 5.41. The molecule has 0 aliphatic heterocycles. The maximum Gasteiger partial charge on any atom is 0.155 e. The molecule has 0 amide bonds. The standard InChI is InChI=1S/C20H36O2S/c1-15-9-7-13-20(6)17(15)11-12-18(20)16(2)10-8-14-23(21,22)19(3,4)5/h12,15-17H,7-11,13-14H2,1-6H3/t15-,16+,17-,20-/m0/s1. The predicted molar refractivity (Wildman–Crippen MR) is 99.2 cm³/mol. The molecule has 134 valence electrons. The van der Waals surface area contributed by atoms with Gasteiger partial charge in [-0.2, -0.15) is 0 Å². The average molecular weight is 341 g/mol. The van der Waals surface area contributed by atoms with Crippen molar-refractivity contribution in [3.05, 3.63) is 11.6 Å². The Hall–Kier alpha value is -0.310. The molecule has 0 radical (unpaired) electrons. The molecular weight excluding hydrogens is 304 g/mol. The molecule has 2 aliphatic rings. The van der Waals surface area contributed by atoms with E-state index in [4.69, 9.17) is 0 Å². The maximum atomic E-state index is 12.3. The van der Waals surface area contributed by atoms with Gasteiger partial charge in [0.25, 0.3) is 0 Å². The third kappa shape index (κ3) is 3.70. The highest BCUT2D eigenvalue weighted by Gasteiger charge is 2.46. The van der Waals surface area contributed by atoms with Crippen molar-refractivity contribution < 1.29 is 8.42 Å². The fraction of sp³-hybridized carbons (Fsp3) is 0.900. The number of sulfone groups is 1. The van der Waals surface area contributed by atoms with Gasteiger partial charge in [0, 0.05) is 0 Å².